The Morgan fingerprint density at radius 1 is 1.28 bits per heavy atom. The minimum atomic E-state index is 0.347. The van der Waals surface area contributed by atoms with Gasteiger partial charge in [-0.05, 0) is 36.1 Å². The number of hydrogen-bond acceptors (Lipinski definition) is 1. The molecule has 0 amide bonds. The lowest BCUT2D eigenvalue weighted by molar-refractivity contribution is -0.118. The van der Waals surface area contributed by atoms with Crippen LogP contribution in [0.3, 0.4) is 0 Å². The fraction of sp³-hybridized carbons (Fsp3) is 0.438. The van der Waals surface area contributed by atoms with Crippen molar-refractivity contribution in [3.63, 3.8) is 0 Å². The Bertz CT molecular complexity index is 539. The van der Waals surface area contributed by atoms with Gasteiger partial charge in [-0.2, -0.15) is 0 Å². The number of aryl methyl sites for hydroxylation is 1. The van der Waals surface area contributed by atoms with E-state index < -0.39 is 0 Å². The topological polar surface area (TPSA) is 32.9 Å². The fourth-order valence-electron chi connectivity index (χ4n) is 2.27. The van der Waals surface area contributed by atoms with Gasteiger partial charge in [0.1, 0.15) is 5.78 Å². The van der Waals surface area contributed by atoms with Gasteiger partial charge in [0.25, 0.3) is 0 Å². The number of ketones is 1. The Morgan fingerprint density at radius 2 is 2.11 bits per heavy atom. The number of rotatable bonds is 6. The molecule has 0 aliphatic rings. The molecule has 2 heteroatoms. The molecule has 2 nitrogen and oxygen atoms in total. The van der Waals surface area contributed by atoms with E-state index in [0.717, 1.165) is 30.3 Å². The Balaban J connectivity index is 2.20. The summed E-state index contributed by atoms with van der Waals surface area (Å²) in [5.74, 6) is 0.347. The molecule has 0 bridgehead atoms. The largest absolute Gasteiger partial charge is 0.361 e. The first-order valence-corrected chi connectivity index (χ1v) is 6.85. The van der Waals surface area contributed by atoms with E-state index in [4.69, 9.17) is 0 Å². The third-order valence-corrected chi connectivity index (χ3v) is 3.44. The molecule has 0 unspecified atom stereocenters. The molecular formula is C16H21NO. The van der Waals surface area contributed by atoms with E-state index in [1.807, 2.05) is 6.20 Å². The fourth-order valence-corrected chi connectivity index (χ4v) is 2.27. The zero-order valence-electron chi connectivity index (χ0n) is 11.3. The van der Waals surface area contributed by atoms with Crippen molar-refractivity contribution in [2.45, 2.75) is 46.0 Å². The number of unbranched alkanes of at least 4 members (excludes halogenated alkanes) is 1. The number of H-pyrrole nitrogens is 1. The van der Waals surface area contributed by atoms with Gasteiger partial charge >= 0.3 is 0 Å². The summed E-state index contributed by atoms with van der Waals surface area (Å²) in [6, 6.07) is 6.45. The number of Topliss-reactive ketones (excluding diaryl/α,β-unsaturated/α-hetero) is 1. The molecular weight excluding hydrogens is 222 g/mol. The Kier molecular flexibility index (Phi) is 4.19. The van der Waals surface area contributed by atoms with Gasteiger partial charge in [0, 0.05) is 29.9 Å². The SMILES string of the molecule is CCCCC(=O)Cc1c[nH]c2ccc(CC)cc12. The summed E-state index contributed by atoms with van der Waals surface area (Å²) >= 11 is 0. The molecule has 0 fully saturated rings. The highest BCUT2D eigenvalue weighted by atomic mass is 16.1. The first-order valence-electron chi connectivity index (χ1n) is 6.85. The van der Waals surface area contributed by atoms with Gasteiger partial charge in [-0.3, -0.25) is 4.79 Å². The quantitative estimate of drug-likeness (QED) is 0.816. The third-order valence-electron chi connectivity index (χ3n) is 3.44. The average molecular weight is 243 g/mol. The highest BCUT2D eigenvalue weighted by molar-refractivity contribution is 5.90. The number of hydrogen-bond donors (Lipinski definition) is 1. The molecule has 1 aromatic carbocycles. The second-order valence-corrected chi connectivity index (χ2v) is 4.87. The Morgan fingerprint density at radius 3 is 2.83 bits per heavy atom. The molecule has 1 aromatic heterocycles. The molecule has 0 spiro atoms. The summed E-state index contributed by atoms with van der Waals surface area (Å²) in [7, 11) is 0. The van der Waals surface area contributed by atoms with Crippen LogP contribution in [0.5, 0.6) is 0 Å². The van der Waals surface area contributed by atoms with Crippen LogP contribution in [0.15, 0.2) is 24.4 Å². The first-order chi connectivity index (χ1) is 8.74. The molecule has 0 saturated carbocycles. The van der Waals surface area contributed by atoms with E-state index in [2.05, 4.69) is 37.0 Å². The van der Waals surface area contributed by atoms with Gasteiger partial charge in [0.2, 0.25) is 0 Å². The van der Waals surface area contributed by atoms with Crippen LogP contribution >= 0.6 is 0 Å². The molecule has 0 atom stereocenters. The number of nitrogens with one attached hydrogen (secondary N) is 1. The van der Waals surface area contributed by atoms with Crippen molar-refractivity contribution in [2.24, 2.45) is 0 Å². The second kappa shape index (κ2) is 5.85. The van der Waals surface area contributed by atoms with Crippen LogP contribution in [0.2, 0.25) is 0 Å². The van der Waals surface area contributed by atoms with Crippen LogP contribution < -0.4 is 0 Å². The molecule has 0 aliphatic carbocycles. The van der Waals surface area contributed by atoms with E-state index in [9.17, 15) is 4.79 Å². The van der Waals surface area contributed by atoms with E-state index in [1.54, 1.807) is 0 Å². The summed E-state index contributed by atoms with van der Waals surface area (Å²) in [4.78, 5) is 15.1. The number of carbonyl (C=O) groups is 1. The predicted octanol–water partition coefficient (Wildman–Crippen LogP) is 4.03. The smallest absolute Gasteiger partial charge is 0.137 e. The van der Waals surface area contributed by atoms with E-state index in [1.165, 1.54) is 10.9 Å². The van der Waals surface area contributed by atoms with Crippen LogP contribution in [0.4, 0.5) is 0 Å². The van der Waals surface area contributed by atoms with Crippen LogP contribution in [0, 0.1) is 0 Å². The lowest BCUT2D eigenvalue weighted by Crippen LogP contribution is -2.01. The lowest BCUT2D eigenvalue weighted by atomic mass is 10.0. The molecule has 18 heavy (non-hydrogen) atoms. The molecule has 1 N–H and O–H groups in total. The van der Waals surface area contributed by atoms with E-state index >= 15 is 0 Å². The van der Waals surface area contributed by atoms with Gasteiger partial charge in [-0.25, -0.2) is 0 Å². The van der Waals surface area contributed by atoms with E-state index in [-0.39, 0.29) is 0 Å². The van der Waals surface area contributed by atoms with Crippen LogP contribution in [0.25, 0.3) is 10.9 Å². The summed E-state index contributed by atoms with van der Waals surface area (Å²) in [5, 5.41) is 1.21. The Hall–Kier alpha value is -1.57. The molecule has 96 valence electrons. The second-order valence-electron chi connectivity index (χ2n) is 4.87. The van der Waals surface area contributed by atoms with Crippen molar-refractivity contribution in [3.8, 4) is 0 Å². The van der Waals surface area contributed by atoms with Gasteiger partial charge in [0.05, 0.1) is 0 Å². The molecule has 2 rings (SSSR count). The zero-order valence-corrected chi connectivity index (χ0v) is 11.3. The van der Waals surface area contributed by atoms with Gasteiger partial charge in [0.15, 0.2) is 0 Å². The van der Waals surface area contributed by atoms with Gasteiger partial charge in [-0.15, -0.1) is 0 Å². The molecule has 0 aliphatic heterocycles. The number of carbonyl (C=O) groups excluding carboxylic acids is 1. The summed E-state index contributed by atoms with van der Waals surface area (Å²) in [5.41, 5.74) is 3.59. The lowest BCUT2D eigenvalue weighted by Gasteiger charge is -2.01. The zero-order chi connectivity index (χ0) is 13.0. The van der Waals surface area contributed by atoms with Crippen molar-refractivity contribution in [1.29, 1.82) is 0 Å². The summed E-state index contributed by atoms with van der Waals surface area (Å²) < 4.78 is 0. The number of aromatic amines is 1. The first kappa shape index (κ1) is 12.9. The maximum atomic E-state index is 11.9. The minimum Gasteiger partial charge on any atom is -0.361 e. The summed E-state index contributed by atoms with van der Waals surface area (Å²) in [6.45, 7) is 4.27. The average Bonchev–Trinajstić information content (AvgIpc) is 2.78. The molecule has 2 aromatic rings. The molecule has 0 radical (unpaired) electrons. The summed E-state index contributed by atoms with van der Waals surface area (Å²) in [6.07, 6.45) is 6.36. The van der Waals surface area contributed by atoms with Gasteiger partial charge in [-0.1, -0.05) is 26.3 Å². The van der Waals surface area contributed by atoms with Crippen molar-refractivity contribution in [3.05, 3.63) is 35.5 Å². The standard InChI is InChI=1S/C16H21NO/c1-3-5-6-14(18)10-13-11-17-16-8-7-12(4-2)9-15(13)16/h7-9,11,17H,3-6,10H2,1-2H3. The van der Waals surface area contributed by atoms with Crippen LogP contribution in [-0.2, 0) is 17.6 Å². The number of benzene rings is 1. The molecule has 0 saturated heterocycles. The maximum absolute atomic E-state index is 11.9. The van der Waals surface area contributed by atoms with Crippen LogP contribution in [0.1, 0.15) is 44.2 Å². The van der Waals surface area contributed by atoms with Crippen LogP contribution in [-0.4, -0.2) is 10.8 Å². The number of aromatic nitrogens is 1. The normalized spacial score (nSPS) is 11.0. The monoisotopic (exact) mass is 243 g/mol. The third kappa shape index (κ3) is 2.81. The predicted molar refractivity (Wildman–Crippen MR) is 75.9 cm³/mol. The maximum Gasteiger partial charge on any atom is 0.137 e. The van der Waals surface area contributed by atoms with E-state index in [0.29, 0.717) is 18.6 Å². The minimum absolute atomic E-state index is 0.347. The highest BCUT2D eigenvalue weighted by Gasteiger charge is 2.08. The Labute approximate surface area is 108 Å². The van der Waals surface area contributed by atoms with Crippen molar-refractivity contribution in [1.82, 2.24) is 4.98 Å². The van der Waals surface area contributed by atoms with Crippen molar-refractivity contribution >= 4 is 16.7 Å². The number of fused-ring (bicyclic) bond motifs is 1. The van der Waals surface area contributed by atoms with Crippen molar-refractivity contribution < 1.29 is 4.79 Å². The van der Waals surface area contributed by atoms with Gasteiger partial charge < -0.3 is 4.98 Å². The molecule has 1 heterocycles. The van der Waals surface area contributed by atoms with Crippen molar-refractivity contribution in [2.75, 3.05) is 0 Å². The highest BCUT2D eigenvalue weighted by Crippen LogP contribution is 2.21.